The summed E-state index contributed by atoms with van der Waals surface area (Å²) in [5.74, 6) is 0.984. The number of aryl methyl sites for hydroxylation is 3. The zero-order chi connectivity index (χ0) is 20.5. The molecule has 0 bridgehead atoms. The molecule has 8 nitrogen and oxygen atoms in total. The number of aromatic nitrogens is 4. The van der Waals surface area contributed by atoms with Gasteiger partial charge in [-0.25, -0.2) is 4.98 Å². The molecule has 4 rings (SSSR count). The minimum atomic E-state index is -0.0236. The number of hydrogen-bond donors (Lipinski definition) is 1. The van der Waals surface area contributed by atoms with Crippen LogP contribution in [0.1, 0.15) is 53.7 Å². The number of likely N-dealkylation sites (tertiary alicyclic amines) is 1. The van der Waals surface area contributed by atoms with E-state index in [1.54, 1.807) is 0 Å². The summed E-state index contributed by atoms with van der Waals surface area (Å²) >= 11 is 0. The second kappa shape index (κ2) is 8.10. The summed E-state index contributed by atoms with van der Waals surface area (Å²) in [6.45, 7) is 7.54. The lowest BCUT2D eigenvalue weighted by molar-refractivity contribution is -0.132. The van der Waals surface area contributed by atoms with Gasteiger partial charge in [-0.05, 0) is 39.8 Å². The summed E-state index contributed by atoms with van der Waals surface area (Å²) in [7, 11) is 2.02. The molecule has 0 unspecified atom stereocenters. The highest BCUT2D eigenvalue weighted by Gasteiger charge is 2.28. The van der Waals surface area contributed by atoms with Gasteiger partial charge < -0.3 is 14.8 Å². The van der Waals surface area contributed by atoms with Gasteiger partial charge in [0.1, 0.15) is 5.82 Å². The van der Waals surface area contributed by atoms with E-state index in [0.29, 0.717) is 26.1 Å². The lowest BCUT2D eigenvalue weighted by Gasteiger charge is -2.33. The summed E-state index contributed by atoms with van der Waals surface area (Å²) < 4.78 is 1.90. The van der Waals surface area contributed by atoms with E-state index in [4.69, 9.17) is 4.98 Å². The number of aromatic amines is 1. The standard InChI is InChI=1S/C21H30N6O2/c1-14-11-15(2)27(24-14)10-7-19(28)26-8-4-5-16(12-26)20-22-18-6-9-25(3)13-17(18)21(29)23-20/h11,16H,4-10,12-13H2,1-3H3,(H,22,23,29)/t16-/m1/s1. The predicted octanol–water partition coefficient (Wildman–Crippen LogP) is 1.37. The second-order valence-electron chi connectivity index (χ2n) is 8.44. The van der Waals surface area contributed by atoms with E-state index in [2.05, 4.69) is 15.0 Å². The van der Waals surface area contributed by atoms with Crippen LogP contribution in [0.5, 0.6) is 0 Å². The number of likely N-dealkylation sites (N-methyl/N-ethyl adjacent to an activating group) is 1. The van der Waals surface area contributed by atoms with E-state index in [1.165, 1.54) is 0 Å². The third-order valence-corrected chi connectivity index (χ3v) is 6.08. The first kappa shape index (κ1) is 19.8. The van der Waals surface area contributed by atoms with Gasteiger partial charge in [0.25, 0.3) is 5.56 Å². The molecule has 0 spiro atoms. The second-order valence-corrected chi connectivity index (χ2v) is 8.44. The van der Waals surface area contributed by atoms with E-state index in [-0.39, 0.29) is 17.4 Å². The zero-order valence-electron chi connectivity index (χ0n) is 17.6. The van der Waals surface area contributed by atoms with E-state index in [0.717, 1.165) is 60.8 Å². The maximum Gasteiger partial charge on any atom is 0.255 e. The van der Waals surface area contributed by atoms with E-state index < -0.39 is 0 Å². The molecule has 1 saturated heterocycles. The van der Waals surface area contributed by atoms with Gasteiger partial charge in [0, 0.05) is 57.2 Å². The highest BCUT2D eigenvalue weighted by Crippen LogP contribution is 2.25. The van der Waals surface area contributed by atoms with Gasteiger partial charge >= 0.3 is 0 Å². The molecular formula is C21H30N6O2. The minimum absolute atomic E-state index is 0.0236. The molecule has 0 radical (unpaired) electrons. The van der Waals surface area contributed by atoms with Gasteiger partial charge in [0.05, 0.1) is 17.0 Å². The van der Waals surface area contributed by atoms with E-state index >= 15 is 0 Å². The topological polar surface area (TPSA) is 87.1 Å². The molecule has 1 atom stereocenters. The van der Waals surface area contributed by atoms with Gasteiger partial charge in [-0.1, -0.05) is 0 Å². The number of carbonyl (C=O) groups excluding carboxylic acids is 1. The van der Waals surface area contributed by atoms with Gasteiger partial charge in [-0.2, -0.15) is 5.10 Å². The van der Waals surface area contributed by atoms with Crippen LogP contribution in [0.3, 0.4) is 0 Å². The third-order valence-electron chi connectivity index (χ3n) is 6.08. The maximum absolute atomic E-state index is 12.8. The summed E-state index contributed by atoms with van der Waals surface area (Å²) in [5.41, 5.74) is 3.74. The summed E-state index contributed by atoms with van der Waals surface area (Å²) in [4.78, 5) is 37.2. The van der Waals surface area contributed by atoms with E-state index in [1.807, 2.05) is 36.5 Å². The maximum atomic E-state index is 12.8. The Balaban J connectivity index is 1.43. The Bertz CT molecular complexity index is 963. The molecule has 2 aromatic heterocycles. The molecule has 1 N–H and O–H groups in total. The average Bonchev–Trinajstić information content (AvgIpc) is 3.03. The Labute approximate surface area is 170 Å². The molecule has 4 heterocycles. The van der Waals surface area contributed by atoms with Crippen LogP contribution >= 0.6 is 0 Å². The van der Waals surface area contributed by atoms with Crippen LogP contribution < -0.4 is 5.56 Å². The molecule has 1 amide bonds. The summed E-state index contributed by atoms with van der Waals surface area (Å²) in [5, 5.41) is 4.44. The zero-order valence-corrected chi connectivity index (χ0v) is 17.6. The van der Waals surface area contributed by atoms with Crippen molar-refractivity contribution < 1.29 is 4.79 Å². The highest BCUT2D eigenvalue weighted by molar-refractivity contribution is 5.76. The van der Waals surface area contributed by atoms with Crippen LogP contribution in [0.4, 0.5) is 0 Å². The summed E-state index contributed by atoms with van der Waals surface area (Å²) in [6.07, 6.45) is 3.12. The monoisotopic (exact) mass is 398 g/mol. The van der Waals surface area contributed by atoms with E-state index in [9.17, 15) is 9.59 Å². The number of hydrogen-bond acceptors (Lipinski definition) is 5. The third kappa shape index (κ3) is 4.27. The van der Waals surface area contributed by atoms with Crippen LogP contribution in [-0.2, 0) is 24.3 Å². The van der Waals surface area contributed by atoms with Crippen molar-refractivity contribution in [2.45, 2.75) is 58.5 Å². The Morgan fingerprint density at radius 3 is 2.90 bits per heavy atom. The molecule has 2 aliphatic heterocycles. The molecule has 156 valence electrons. The molecular weight excluding hydrogens is 368 g/mol. The molecule has 29 heavy (non-hydrogen) atoms. The molecule has 0 aliphatic carbocycles. The Hall–Kier alpha value is -2.48. The van der Waals surface area contributed by atoms with Gasteiger partial charge in [0.2, 0.25) is 5.91 Å². The molecule has 8 heteroatoms. The largest absolute Gasteiger partial charge is 0.342 e. The summed E-state index contributed by atoms with van der Waals surface area (Å²) in [6, 6.07) is 2.03. The van der Waals surface area contributed by atoms with Crippen molar-refractivity contribution in [1.82, 2.24) is 29.5 Å². The van der Waals surface area contributed by atoms with Gasteiger partial charge in [-0.3, -0.25) is 14.3 Å². The first-order valence-corrected chi connectivity index (χ1v) is 10.5. The number of amides is 1. The first-order valence-electron chi connectivity index (χ1n) is 10.5. The van der Waals surface area contributed by atoms with Crippen molar-refractivity contribution in [3.63, 3.8) is 0 Å². The van der Waals surface area contributed by atoms with Crippen molar-refractivity contribution in [2.24, 2.45) is 0 Å². The van der Waals surface area contributed by atoms with Crippen LogP contribution in [0.2, 0.25) is 0 Å². The number of fused-ring (bicyclic) bond motifs is 1. The number of nitrogens with one attached hydrogen (secondary N) is 1. The number of nitrogens with zero attached hydrogens (tertiary/aromatic N) is 5. The number of rotatable bonds is 4. The molecule has 2 aromatic rings. The smallest absolute Gasteiger partial charge is 0.255 e. The SMILES string of the molecule is Cc1cc(C)n(CCC(=O)N2CCC[C@@H](c3nc4c(c(=O)[nH]3)CN(C)CC4)C2)n1. The Kier molecular flexibility index (Phi) is 5.54. The number of H-pyrrole nitrogens is 1. The van der Waals surface area contributed by atoms with Crippen molar-refractivity contribution in [3.8, 4) is 0 Å². The fourth-order valence-electron chi connectivity index (χ4n) is 4.46. The predicted molar refractivity (Wildman–Crippen MR) is 110 cm³/mol. The first-order chi connectivity index (χ1) is 13.9. The van der Waals surface area contributed by atoms with Crippen LogP contribution in [0.25, 0.3) is 0 Å². The lowest BCUT2D eigenvalue weighted by Crippen LogP contribution is -2.41. The van der Waals surface area contributed by atoms with Crippen LogP contribution in [-0.4, -0.2) is 62.1 Å². The fraction of sp³-hybridized carbons (Fsp3) is 0.619. The van der Waals surface area contributed by atoms with Crippen molar-refractivity contribution in [2.75, 3.05) is 26.7 Å². The molecule has 0 saturated carbocycles. The number of piperidine rings is 1. The Morgan fingerprint density at radius 2 is 2.14 bits per heavy atom. The van der Waals surface area contributed by atoms with Crippen molar-refractivity contribution in [1.29, 1.82) is 0 Å². The van der Waals surface area contributed by atoms with Gasteiger partial charge in [0.15, 0.2) is 0 Å². The fourth-order valence-corrected chi connectivity index (χ4v) is 4.46. The lowest BCUT2D eigenvalue weighted by atomic mass is 9.96. The quantitative estimate of drug-likeness (QED) is 0.841. The minimum Gasteiger partial charge on any atom is -0.342 e. The van der Waals surface area contributed by atoms with Crippen LogP contribution in [0, 0.1) is 13.8 Å². The average molecular weight is 399 g/mol. The van der Waals surface area contributed by atoms with Crippen molar-refractivity contribution in [3.05, 3.63) is 44.9 Å². The van der Waals surface area contributed by atoms with Crippen LogP contribution in [0.15, 0.2) is 10.9 Å². The molecule has 0 aromatic carbocycles. The number of carbonyl (C=O) groups is 1. The Morgan fingerprint density at radius 1 is 1.31 bits per heavy atom. The highest BCUT2D eigenvalue weighted by atomic mass is 16.2. The van der Waals surface area contributed by atoms with Gasteiger partial charge in [-0.15, -0.1) is 0 Å². The molecule has 1 fully saturated rings. The molecule has 2 aliphatic rings. The van der Waals surface area contributed by atoms with Crippen molar-refractivity contribution >= 4 is 5.91 Å². The normalized spacial score (nSPS) is 20.0.